The Balaban J connectivity index is 3.50. The van der Waals surface area contributed by atoms with E-state index in [0.29, 0.717) is 0 Å². The predicted molar refractivity (Wildman–Crippen MR) is 51.1 cm³/mol. The molecule has 0 radical (unpaired) electrons. The zero-order valence-electron chi connectivity index (χ0n) is 5.94. The number of carbonyl (C=O) groups is 1. The van der Waals surface area contributed by atoms with Gasteiger partial charge in [-0.1, -0.05) is 23.2 Å². The summed E-state index contributed by atoms with van der Waals surface area (Å²) in [5, 5.41) is 8.25. The Morgan fingerprint density at radius 2 is 2.00 bits per heavy atom. The van der Waals surface area contributed by atoms with E-state index in [0.717, 1.165) is 6.07 Å². The summed E-state index contributed by atoms with van der Waals surface area (Å²) >= 11 is 13.9. The molecule has 70 valence electrons. The number of hydrogen-bond donors (Lipinski definition) is 1. The Labute approximate surface area is 91.4 Å². The monoisotopic (exact) mass is 286 g/mol. The highest BCUT2D eigenvalue weighted by molar-refractivity contribution is 9.10. The second kappa shape index (κ2) is 3.82. The molecule has 1 rings (SSSR count). The van der Waals surface area contributed by atoms with Crippen LogP contribution in [-0.4, -0.2) is 11.1 Å². The van der Waals surface area contributed by atoms with Gasteiger partial charge >= 0.3 is 5.97 Å². The van der Waals surface area contributed by atoms with Gasteiger partial charge in [0, 0.05) is 0 Å². The molecule has 6 heteroatoms. The molecule has 0 amide bonds. The lowest BCUT2D eigenvalue weighted by atomic mass is 10.2. The molecule has 13 heavy (non-hydrogen) atoms. The van der Waals surface area contributed by atoms with Gasteiger partial charge in [0.2, 0.25) is 0 Å². The summed E-state index contributed by atoms with van der Waals surface area (Å²) in [5.41, 5.74) is -0.324. The molecular formula is C7H2BrCl2FO2. The second-order valence-electron chi connectivity index (χ2n) is 2.15. The summed E-state index contributed by atoms with van der Waals surface area (Å²) in [6.07, 6.45) is 0. The fraction of sp³-hybridized carbons (Fsp3) is 0. The summed E-state index contributed by atoms with van der Waals surface area (Å²) in [6.45, 7) is 0. The maximum atomic E-state index is 12.9. The molecule has 0 unspecified atom stereocenters. The minimum Gasteiger partial charge on any atom is -0.478 e. The lowest BCUT2D eigenvalue weighted by Crippen LogP contribution is -1.99. The van der Waals surface area contributed by atoms with Crippen LogP contribution in [0, 0.1) is 5.82 Å². The molecule has 1 aromatic carbocycles. The zero-order valence-corrected chi connectivity index (χ0v) is 9.04. The number of hydrogen-bond acceptors (Lipinski definition) is 1. The quantitative estimate of drug-likeness (QED) is 0.633. The van der Waals surface area contributed by atoms with Gasteiger partial charge in [-0.15, -0.1) is 0 Å². The van der Waals surface area contributed by atoms with Crippen LogP contribution in [0.2, 0.25) is 10.0 Å². The number of benzene rings is 1. The molecule has 0 heterocycles. The molecule has 0 fully saturated rings. The average Bonchev–Trinajstić information content (AvgIpc) is 2.07. The van der Waals surface area contributed by atoms with E-state index < -0.39 is 11.8 Å². The summed E-state index contributed by atoms with van der Waals surface area (Å²) in [7, 11) is 0. The molecular weight excluding hydrogens is 286 g/mol. The molecule has 0 saturated heterocycles. The highest BCUT2D eigenvalue weighted by atomic mass is 79.9. The van der Waals surface area contributed by atoms with E-state index in [1.54, 1.807) is 0 Å². The fourth-order valence-corrected chi connectivity index (χ4v) is 1.56. The maximum absolute atomic E-state index is 12.9. The molecule has 1 N–H and O–H groups in total. The Morgan fingerprint density at radius 1 is 1.46 bits per heavy atom. The second-order valence-corrected chi connectivity index (χ2v) is 3.70. The largest absolute Gasteiger partial charge is 0.478 e. The van der Waals surface area contributed by atoms with Crippen LogP contribution in [0.1, 0.15) is 10.4 Å². The molecule has 0 atom stereocenters. The van der Waals surface area contributed by atoms with E-state index >= 15 is 0 Å². The molecule has 0 aliphatic rings. The highest BCUT2D eigenvalue weighted by Crippen LogP contribution is 2.35. The van der Waals surface area contributed by atoms with Gasteiger partial charge in [0.25, 0.3) is 0 Å². The van der Waals surface area contributed by atoms with Gasteiger partial charge in [0.15, 0.2) is 0 Å². The Bertz CT molecular complexity index is 381. The van der Waals surface area contributed by atoms with E-state index in [2.05, 4.69) is 15.9 Å². The predicted octanol–water partition coefficient (Wildman–Crippen LogP) is 3.59. The van der Waals surface area contributed by atoms with Crippen LogP contribution in [0.3, 0.4) is 0 Å². The first-order chi connectivity index (χ1) is 5.95. The molecule has 0 spiro atoms. The van der Waals surface area contributed by atoms with E-state index in [9.17, 15) is 9.18 Å². The van der Waals surface area contributed by atoms with Crippen molar-refractivity contribution in [2.45, 2.75) is 0 Å². The third kappa shape index (κ3) is 1.95. The van der Waals surface area contributed by atoms with Crippen molar-refractivity contribution in [2.24, 2.45) is 0 Å². The van der Waals surface area contributed by atoms with Crippen molar-refractivity contribution in [1.29, 1.82) is 0 Å². The SMILES string of the molecule is O=C(O)c1cc(F)c(Cl)c(Br)c1Cl. The van der Waals surface area contributed by atoms with Crippen LogP contribution in [0.5, 0.6) is 0 Å². The fourth-order valence-electron chi connectivity index (χ4n) is 0.728. The van der Waals surface area contributed by atoms with Gasteiger partial charge in [0.05, 0.1) is 20.1 Å². The number of carboxylic acids is 1. The van der Waals surface area contributed by atoms with Crippen LogP contribution in [0.25, 0.3) is 0 Å². The van der Waals surface area contributed by atoms with Gasteiger partial charge in [-0.2, -0.15) is 0 Å². The summed E-state index contributed by atoms with van der Waals surface area (Å²) in [5.74, 6) is -2.13. The van der Waals surface area contributed by atoms with Crippen molar-refractivity contribution in [3.63, 3.8) is 0 Å². The summed E-state index contributed by atoms with van der Waals surface area (Å²) in [4.78, 5) is 10.5. The lowest BCUT2D eigenvalue weighted by molar-refractivity contribution is 0.0696. The summed E-state index contributed by atoms with van der Waals surface area (Å²) < 4.78 is 12.9. The lowest BCUT2D eigenvalue weighted by Gasteiger charge is -2.04. The first-order valence-corrected chi connectivity index (χ1v) is 4.56. The van der Waals surface area contributed by atoms with Crippen LogP contribution in [0.4, 0.5) is 4.39 Å². The minimum absolute atomic E-state index is 0.0493. The van der Waals surface area contributed by atoms with Crippen LogP contribution in [-0.2, 0) is 0 Å². The van der Waals surface area contributed by atoms with Crippen molar-refractivity contribution in [1.82, 2.24) is 0 Å². The first kappa shape index (κ1) is 10.8. The first-order valence-electron chi connectivity index (χ1n) is 3.01. The normalized spacial score (nSPS) is 10.2. The van der Waals surface area contributed by atoms with Crippen LogP contribution in [0.15, 0.2) is 10.5 Å². The molecule has 2 nitrogen and oxygen atoms in total. The standard InChI is InChI=1S/C7H2BrCl2FO2/c8-4-5(9)2(7(12)13)1-3(11)6(4)10/h1H,(H,12,13). The van der Waals surface area contributed by atoms with Gasteiger partial charge in [0.1, 0.15) is 5.82 Å². The van der Waals surface area contributed by atoms with Crippen LogP contribution < -0.4 is 0 Å². The van der Waals surface area contributed by atoms with Crippen LogP contribution >= 0.6 is 39.1 Å². The van der Waals surface area contributed by atoms with Crippen molar-refractivity contribution < 1.29 is 14.3 Å². The zero-order chi connectivity index (χ0) is 10.2. The third-order valence-electron chi connectivity index (χ3n) is 1.33. The Morgan fingerprint density at radius 3 is 2.46 bits per heavy atom. The van der Waals surface area contributed by atoms with Gasteiger partial charge in [-0.25, -0.2) is 9.18 Å². The third-order valence-corrected chi connectivity index (χ3v) is 3.34. The number of carboxylic acid groups (broad SMARTS) is 1. The van der Waals surface area contributed by atoms with Gasteiger partial charge < -0.3 is 5.11 Å². The minimum atomic E-state index is -1.30. The molecule has 0 bridgehead atoms. The van der Waals surface area contributed by atoms with E-state index in [1.807, 2.05) is 0 Å². The molecule has 1 aromatic rings. The average molecular weight is 288 g/mol. The van der Waals surface area contributed by atoms with Crippen molar-refractivity contribution >= 4 is 45.1 Å². The van der Waals surface area contributed by atoms with Gasteiger partial charge in [-0.05, 0) is 22.0 Å². The number of halogens is 4. The topological polar surface area (TPSA) is 37.3 Å². The smallest absolute Gasteiger partial charge is 0.337 e. The Hall–Kier alpha value is -0.320. The molecule has 0 aliphatic carbocycles. The highest BCUT2D eigenvalue weighted by Gasteiger charge is 2.17. The van der Waals surface area contributed by atoms with Crippen molar-refractivity contribution in [3.8, 4) is 0 Å². The van der Waals surface area contributed by atoms with Crippen molar-refractivity contribution in [2.75, 3.05) is 0 Å². The van der Waals surface area contributed by atoms with E-state index in [-0.39, 0.29) is 20.1 Å². The van der Waals surface area contributed by atoms with Gasteiger partial charge in [-0.3, -0.25) is 0 Å². The number of aromatic carboxylic acids is 1. The Kier molecular flexibility index (Phi) is 3.16. The molecule has 0 saturated carbocycles. The van der Waals surface area contributed by atoms with Crippen molar-refractivity contribution in [3.05, 3.63) is 32.0 Å². The van der Waals surface area contributed by atoms with E-state index in [1.165, 1.54) is 0 Å². The summed E-state index contributed by atoms with van der Waals surface area (Å²) in [6, 6.07) is 0.776. The molecule has 0 aromatic heterocycles. The maximum Gasteiger partial charge on any atom is 0.337 e. The number of rotatable bonds is 1. The molecule has 0 aliphatic heterocycles. The van der Waals surface area contributed by atoms with E-state index in [4.69, 9.17) is 28.3 Å².